The van der Waals surface area contributed by atoms with Crippen molar-refractivity contribution in [1.82, 2.24) is 10.1 Å². The average molecular weight is 342 g/mol. The van der Waals surface area contributed by atoms with E-state index in [0.29, 0.717) is 11.6 Å². The Labute approximate surface area is 146 Å². The molecule has 1 aliphatic carbocycles. The van der Waals surface area contributed by atoms with Crippen LogP contribution in [0.1, 0.15) is 29.7 Å². The SMILES string of the molecule is Cc1cc(NC(=O)CN(C(=O)Nc2cccc(C)c2C)C2CC2)no1. The van der Waals surface area contributed by atoms with Crippen LogP contribution in [0.2, 0.25) is 0 Å². The van der Waals surface area contributed by atoms with Crippen LogP contribution in [-0.4, -0.2) is 34.6 Å². The molecule has 0 bridgehead atoms. The molecule has 0 aliphatic heterocycles. The molecule has 132 valence electrons. The third kappa shape index (κ3) is 4.17. The van der Waals surface area contributed by atoms with Crippen molar-refractivity contribution in [2.24, 2.45) is 0 Å². The van der Waals surface area contributed by atoms with E-state index in [1.165, 1.54) is 0 Å². The predicted octanol–water partition coefficient (Wildman–Crippen LogP) is 3.23. The summed E-state index contributed by atoms with van der Waals surface area (Å²) in [5, 5.41) is 9.30. The minimum Gasteiger partial charge on any atom is -0.360 e. The first kappa shape index (κ1) is 17.0. The molecule has 1 aromatic heterocycles. The largest absolute Gasteiger partial charge is 0.360 e. The van der Waals surface area contributed by atoms with E-state index in [9.17, 15) is 9.59 Å². The number of nitrogens with one attached hydrogen (secondary N) is 2. The lowest BCUT2D eigenvalue weighted by atomic mass is 10.1. The van der Waals surface area contributed by atoms with Crippen LogP contribution in [-0.2, 0) is 4.79 Å². The normalized spacial score (nSPS) is 13.4. The number of nitrogens with zero attached hydrogens (tertiary/aromatic N) is 2. The molecule has 1 aliphatic rings. The van der Waals surface area contributed by atoms with Crippen LogP contribution in [0.3, 0.4) is 0 Å². The average Bonchev–Trinajstić information content (AvgIpc) is 3.32. The number of hydrogen-bond donors (Lipinski definition) is 2. The van der Waals surface area contributed by atoms with Gasteiger partial charge in [0.05, 0.1) is 0 Å². The van der Waals surface area contributed by atoms with Gasteiger partial charge in [-0.2, -0.15) is 0 Å². The Morgan fingerprint density at radius 1 is 1.24 bits per heavy atom. The molecule has 3 amide bonds. The van der Waals surface area contributed by atoms with Crippen LogP contribution < -0.4 is 10.6 Å². The molecular weight excluding hydrogens is 320 g/mol. The van der Waals surface area contributed by atoms with Crippen molar-refractivity contribution >= 4 is 23.4 Å². The molecule has 1 fully saturated rings. The lowest BCUT2D eigenvalue weighted by Gasteiger charge is -2.23. The quantitative estimate of drug-likeness (QED) is 0.873. The Bertz CT molecular complexity index is 795. The van der Waals surface area contributed by atoms with Crippen molar-refractivity contribution in [3.63, 3.8) is 0 Å². The number of carbonyl (C=O) groups is 2. The van der Waals surface area contributed by atoms with Crippen molar-refractivity contribution in [2.75, 3.05) is 17.2 Å². The van der Waals surface area contributed by atoms with E-state index in [0.717, 1.165) is 29.7 Å². The van der Waals surface area contributed by atoms with Crippen molar-refractivity contribution in [3.8, 4) is 0 Å². The number of anilines is 2. The van der Waals surface area contributed by atoms with Crippen LogP contribution in [0, 0.1) is 20.8 Å². The van der Waals surface area contributed by atoms with Gasteiger partial charge in [0.2, 0.25) is 5.91 Å². The summed E-state index contributed by atoms with van der Waals surface area (Å²) in [6.07, 6.45) is 1.83. The zero-order valence-electron chi connectivity index (χ0n) is 14.6. The minimum absolute atomic E-state index is 0.0206. The summed E-state index contributed by atoms with van der Waals surface area (Å²) in [5.41, 5.74) is 2.90. The van der Waals surface area contributed by atoms with E-state index in [4.69, 9.17) is 4.52 Å². The molecule has 2 N–H and O–H groups in total. The highest BCUT2D eigenvalue weighted by Crippen LogP contribution is 2.28. The Morgan fingerprint density at radius 2 is 2.00 bits per heavy atom. The maximum atomic E-state index is 12.7. The summed E-state index contributed by atoms with van der Waals surface area (Å²) in [5.74, 6) is 0.673. The first-order valence-corrected chi connectivity index (χ1v) is 8.31. The molecule has 0 unspecified atom stereocenters. The fourth-order valence-electron chi connectivity index (χ4n) is 2.59. The summed E-state index contributed by atoms with van der Waals surface area (Å²) in [6.45, 7) is 5.69. The molecule has 2 aromatic rings. The van der Waals surface area contributed by atoms with Crippen LogP contribution in [0.5, 0.6) is 0 Å². The molecule has 0 radical (unpaired) electrons. The summed E-state index contributed by atoms with van der Waals surface area (Å²) in [4.78, 5) is 26.5. The number of aromatic nitrogens is 1. The molecule has 7 nitrogen and oxygen atoms in total. The Kier molecular flexibility index (Phi) is 4.74. The topological polar surface area (TPSA) is 87.5 Å². The molecular formula is C18H22N4O3. The zero-order valence-corrected chi connectivity index (χ0v) is 14.6. The van der Waals surface area contributed by atoms with Crippen molar-refractivity contribution in [3.05, 3.63) is 41.2 Å². The third-order valence-corrected chi connectivity index (χ3v) is 4.30. The molecule has 1 aromatic carbocycles. The van der Waals surface area contributed by atoms with Crippen molar-refractivity contribution < 1.29 is 14.1 Å². The second kappa shape index (κ2) is 6.96. The van der Waals surface area contributed by atoms with E-state index >= 15 is 0 Å². The monoisotopic (exact) mass is 342 g/mol. The summed E-state index contributed by atoms with van der Waals surface area (Å²) < 4.78 is 4.92. The van der Waals surface area contributed by atoms with Gasteiger partial charge in [-0.15, -0.1) is 0 Å². The van der Waals surface area contributed by atoms with E-state index in [-0.39, 0.29) is 24.5 Å². The maximum Gasteiger partial charge on any atom is 0.322 e. The van der Waals surface area contributed by atoms with Gasteiger partial charge in [-0.3, -0.25) is 4.79 Å². The minimum atomic E-state index is -0.295. The molecule has 3 rings (SSSR count). The number of amides is 3. The van der Waals surface area contributed by atoms with Gasteiger partial charge in [0, 0.05) is 17.8 Å². The lowest BCUT2D eigenvalue weighted by Crippen LogP contribution is -2.42. The van der Waals surface area contributed by atoms with E-state index in [1.54, 1.807) is 17.9 Å². The summed E-state index contributed by atoms with van der Waals surface area (Å²) >= 11 is 0. The smallest absolute Gasteiger partial charge is 0.322 e. The first-order valence-electron chi connectivity index (χ1n) is 8.31. The maximum absolute atomic E-state index is 12.7. The fraction of sp³-hybridized carbons (Fsp3) is 0.389. The Morgan fingerprint density at radius 3 is 2.64 bits per heavy atom. The van der Waals surface area contributed by atoms with Gasteiger partial charge in [0.25, 0.3) is 0 Å². The van der Waals surface area contributed by atoms with Crippen molar-refractivity contribution in [1.29, 1.82) is 0 Å². The summed E-state index contributed by atoms with van der Waals surface area (Å²) in [7, 11) is 0. The number of benzene rings is 1. The third-order valence-electron chi connectivity index (χ3n) is 4.30. The predicted molar refractivity (Wildman–Crippen MR) is 94.5 cm³/mol. The molecule has 25 heavy (non-hydrogen) atoms. The first-order chi connectivity index (χ1) is 11.9. The fourth-order valence-corrected chi connectivity index (χ4v) is 2.59. The highest BCUT2D eigenvalue weighted by atomic mass is 16.5. The van der Waals surface area contributed by atoms with Gasteiger partial charge in [0.1, 0.15) is 12.3 Å². The van der Waals surface area contributed by atoms with Crippen LogP contribution in [0.25, 0.3) is 0 Å². The Balaban J connectivity index is 1.65. The highest BCUT2D eigenvalue weighted by molar-refractivity contribution is 5.97. The standard InChI is InChI=1S/C18H22N4O3/c1-11-5-4-6-15(13(11)3)19-18(24)22(14-7-8-14)10-17(23)20-16-9-12(2)25-21-16/h4-6,9,14H,7-8,10H2,1-3H3,(H,19,24)(H,20,21,23). The number of urea groups is 1. The van der Waals surface area contributed by atoms with Gasteiger partial charge >= 0.3 is 6.03 Å². The second-order valence-electron chi connectivity index (χ2n) is 6.41. The summed E-state index contributed by atoms with van der Waals surface area (Å²) in [6, 6.07) is 7.24. The van der Waals surface area contributed by atoms with Crippen LogP contribution >= 0.6 is 0 Å². The number of hydrogen-bond acceptors (Lipinski definition) is 4. The second-order valence-corrected chi connectivity index (χ2v) is 6.41. The van der Waals surface area contributed by atoms with Gasteiger partial charge in [0.15, 0.2) is 5.82 Å². The van der Waals surface area contributed by atoms with Gasteiger partial charge < -0.3 is 20.1 Å². The molecule has 1 saturated carbocycles. The number of aryl methyl sites for hydroxylation is 2. The highest BCUT2D eigenvalue weighted by Gasteiger charge is 2.34. The van der Waals surface area contributed by atoms with Crippen molar-refractivity contribution in [2.45, 2.75) is 39.7 Å². The Hall–Kier alpha value is -2.83. The molecule has 0 saturated heterocycles. The van der Waals surface area contributed by atoms with Crippen LogP contribution in [0.4, 0.5) is 16.3 Å². The van der Waals surface area contributed by atoms with Gasteiger partial charge in [-0.1, -0.05) is 17.3 Å². The zero-order chi connectivity index (χ0) is 18.0. The van der Waals surface area contributed by atoms with E-state index in [1.807, 2.05) is 32.0 Å². The van der Waals surface area contributed by atoms with E-state index in [2.05, 4.69) is 15.8 Å². The van der Waals surface area contributed by atoms with Gasteiger partial charge in [-0.05, 0) is 50.8 Å². The van der Waals surface area contributed by atoms with Crippen LogP contribution in [0.15, 0.2) is 28.8 Å². The molecule has 0 atom stereocenters. The lowest BCUT2D eigenvalue weighted by molar-refractivity contribution is -0.116. The molecule has 7 heteroatoms. The number of rotatable bonds is 5. The van der Waals surface area contributed by atoms with Gasteiger partial charge in [-0.25, -0.2) is 4.79 Å². The molecule has 0 spiro atoms. The number of carbonyl (C=O) groups excluding carboxylic acids is 2. The molecule has 1 heterocycles. The van der Waals surface area contributed by atoms with E-state index < -0.39 is 0 Å².